The number of rotatable bonds is 4. The number of guanidine groups is 1. The van der Waals surface area contributed by atoms with E-state index in [1.54, 1.807) is 26.8 Å². The molecule has 3 rings (SSSR count). The van der Waals surface area contributed by atoms with E-state index in [-0.39, 0.29) is 23.2 Å². The Bertz CT molecular complexity index is 1140. The predicted octanol–water partition coefficient (Wildman–Crippen LogP) is 2.68. The molecule has 1 fully saturated rings. The number of esters is 1. The number of ether oxygens (including phenoxy) is 1. The molecule has 1 atom stereocenters. The molecule has 1 aliphatic heterocycles. The maximum absolute atomic E-state index is 13.5. The van der Waals surface area contributed by atoms with Gasteiger partial charge in [-0.15, -0.1) is 0 Å². The van der Waals surface area contributed by atoms with Gasteiger partial charge in [0, 0.05) is 23.5 Å². The number of carbonyl (C=O) groups is 1. The van der Waals surface area contributed by atoms with Crippen LogP contribution in [0, 0.1) is 0 Å². The van der Waals surface area contributed by atoms with Gasteiger partial charge in [-0.25, -0.2) is 13.4 Å². The van der Waals surface area contributed by atoms with Crippen molar-refractivity contribution in [2.24, 2.45) is 16.5 Å². The van der Waals surface area contributed by atoms with Crippen LogP contribution < -0.4 is 11.5 Å². The number of nitrogens with two attached hydrogens (primary N) is 2. The van der Waals surface area contributed by atoms with Crippen LogP contribution in [0.2, 0.25) is 5.02 Å². The summed E-state index contributed by atoms with van der Waals surface area (Å²) in [6.07, 6.45) is 3.18. The maximum Gasteiger partial charge on any atom is 0.324 e. The van der Waals surface area contributed by atoms with E-state index in [2.05, 4.69) is 9.98 Å². The minimum Gasteiger partial charge on any atom is -0.459 e. The number of pyridine rings is 1. The first-order valence-electron chi connectivity index (χ1n) is 9.83. The summed E-state index contributed by atoms with van der Waals surface area (Å²) < 4.78 is 33.7. The summed E-state index contributed by atoms with van der Waals surface area (Å²) in [5.41, 5.74) is 10.2. The van der Waals surface area contributed by atoms with Gasteiger partial charge in [-0.1, -0.05) is 17.7 Å². The Morgan fingerprint density at radius 1 is 1.26 bits per heavy atom. The quantitative estimate of drug-likeness (QED) is 0.400. The van der Waals surface area contributed by atoms with E-state index >= 15 is 0 Å². The van der Waals surface area contributed by atoms with Crippen molar-refractivity contribution in [3.8, 4) is 0 Å². The van der Waals surface area contributed by atoms with Gasteiger partial charge >= 0.3 is 5.97 Å². The SMILES string of the molecule is CC(C)(C)OC(=O)C1CCCCN1S(=O)(=O)c1ccc2c(Cl)cnc(N=C(N)N)c2c1. The molecule has 0 radical (unpaired) electrons. The van der Waals surface area contributed by atoms with Crippen LogP contribution in [0.4, 0.5) is 5.82 Å². The summed E-state index contributed by atoms with van der Waals surface area (Å²) in [4.78, 5) is 20.8. The number of fused-ring (bicyclic) bond motifs is 1. The molecule has 2 heterocycles. The maximum atomic E-state index is 13.5. The third-order valence-electron chi connectivity index (χ3n) is 4.76. The number of carbonyl (C=O) groups excluding carboxylic acids is 1. The van der Waals surface area contributed by atoms with Crippen LogP contribution in [0.1, 0.15) is 40.0 Å². The van der Waals surface area contributed by atoms with Gasteiger partial charge in [-0.3, -0.25) is 4.79 Å². The molecule has 9 nitrogen and oxygen atoms in total. The van der Waals surface area contributed by atoms with Crippen LogP contribution in [0.25, 0.3) is 10.8 Å². The molecule has 4 N–H and O–H groups in total. The molecule has 1 aromatic carbocycles. The zero-order valence-corrected chi connectivity index (χ0v) is 19.2. The normalized spacial score (nSPS) is 18.0. The van der Waals surface area contributed by atoms with Gasteiger partial charge in [0.05, 0.1) is 9.92 Å². The van der Waals surface area contributed by atoms with Crippen LogP contribution in [0.15, 0.2) is 34.3 Å². The second kappa shape index (κ2) is 8.60. The van der Waals surface area contributed by atoms with Crippen molar-refractivity contribution >= 4 is 50.1 Å². The fourth-order valence-electron chi connectivity index (χ4n) is 3.48. The molecule has 1 saturated heterocycles. The van der Waals surface area contributed by atoms with E-state index in [0.717, 1.165) is 6.42 Å². The highest BCUT2D eigenvalue weighted by molar-refractivity contribution is 7.89. The number of benzene rings is 1. The highest BCUT2D eigenvalue weighted by Crippen LogP contribution is 2.34. The zero-order chi connectivity index (χ0) is 23.0. The first kappa shape index (κ1) is 23.2. The van der Waals surface area contributed by atoms with Crippen LogP contribution in [0.3, 0.4) is 0 Å². The second-order valence-corrected chi connectivity index (χ2v) is 10.6. The summed E-state index contributed by atoms with van der Waals surface area (Å²) in [6, 6.07) is 3.56. The lowest BCUT2D eigenvalue weighted by Gasteiger charge is -2.34. The predicted molar refractivity (Wildman–Crippen MR) is 120 cm³/mol. The average Bonchev–Trinajstić information content (AvgIpc) is 2.68. The van der Waals surface area contributed by atoms with E-state index in [1.807, 2.05) is 0 Å². The first-order chi connectivity index (χ1) is 14.4. The van der Waals surface area contributed by atoms with Crippen molar-refractivity contribution in [2.75, 3.05) is 6.54 Å². The Morgan fingerprint density at radius 3 is 2.61 bits per heavy atom. The lowest BCUT2D eigenvalue weighted by atomic mass is 10.0. The van der Waals surface area contributed by atoms with Crippen LogP contribution in [-0.2, 0) is 19.6 Å². The third-order valence-corrected chi connectivity index (χ3v) is 6.97. The molecule has 1 aromatic heterocycles. The fourth-order valence-corrected chi connectivity index (χ4v) is 5.37. The smallest absolute Gasteiger partial charge is 0.324 e. The lowest BCUT2D eigenvalue weighted by Crippen LogP contribution is -2.49. The Morgan fingerprint density at radius 2 is 1.97 bits per heavy atom. The number of halogens is 1. The van der Waals surface area contributed by atoms with Crippen LogP contribution in [-0.4, -0.2) is 47.8 Å². The van der Waals surface area contributed by atoms with Gasteiger partial charge in [0.25, 0.3) is 0 Å². The topological polar surface area (TPSA) is 141 Å². The molecule has 31 heavy (non-hydrogen) atoms. The number of hydrogen-bond donors (Lipinski definition) is 2. The van der Waals surface area contributed by atoms with E-state index in [1.165, 1.54) is 22.6 Å². The van der Waals surface area contributed by atoms with Crippen molar-refractivity contribution < 1.29 is 17.9 Å². The molecule has 2 aromatic rings. The number of hydrogen-bond acceptors (Lipinski definition) is 6. The van der Waals surface area contributed by atoms with Gasteiger partial charge in [0.1, 0.15) is 11.6 Å². The van der Waals surface area contributed by atoms with E-state index in [9.17, 15) is 13.2 Å². The number of aromatic nitrogens is 1. The molecule has 1 unspecified atom stereocenters. The van der Waals surface area contributed by atoms with Crippen molar-refractivity contribution in [1.82, 2.24) is 9.29 Å². The van der Waals surface area contributed by atoms with E-state index in [4.69, 9.17) is 27.8 Å². The molecule has 1 aliphatic rings. The monoisotopic (exact) mass is 467 g/mol. The number of nitrogens with zero attached hydrogens (tertiary/aromatic N) is 3. The number of aliphatic imine (C=N–C) groups is 1. The molecule has 0 saturated carbocycles. The van der Waals surface area contributed by atoms with Gasteiger partial charge in [-0.2, -0.15) is 9.30 Å². The molecule has 168 valence electrons. The average molecular weight is 468 g/mol. The third kappa shape index (κ3) is 5.08. The summed E-state index contributed by atoms with van der Waals surface area (Å²) in [6.45, 7) is 5.46. The molecule has 11 heteroatoms. The highest BCUT2D eigenvalue weighted by atomic mass is 35.5. The summed E-state index contributed by atoms with van der Waals surface area (Å²) in [5, 5.41) is 1.27. The van der Waals surface area contributed by atoms with Gasteiger partial charge < -0.3 is 16.2 Å². The summed E-state index contributed by atoms with van der Waals surface area (Å²) >= 11 is 6.21. The number of piperidine rings is 1. The standard InChI is InChI=1S/C20H26ClN5O4S/c1-20(2,3)30-18(27)16-6-4-5-9-26(16)31(28,29)12-7-8-13-14(10-12)17(25-19(22)23)24-11-15(13)21/h7-8,10-11,16H,4-6,9H2,1-3H3,(H4,22,23,24,25). The molecular weight excluding hydrogens is 442 g/mol. The van der Waals surface area contributed by atoms with Crippen molar-refractivity contribution in [3.63, 3.8) is 0 Å². The van der Waals surface area contributed by atoms with E-state index in [0.29, 0.717) is 28.6 Å². The highest BCUT2D eigenvalue weighted by Gasteiger charge is 2.40. The van der Waals surface area contributed by atoms with Crippen molar-refractivity contribution in [2.45, 2.75) is 56.6 Å². The van der Waals surface area contributed by atoms with Gasteiger partial charge in [0.15, 0.2) is 11.8 Å². The van der Waals surface area contributed by atoms with Crippen LogP contribution in [0.5, 0.6) is 0 Å². The summed E-state index contributed by atoms with van der Waals surface area (Å²) in [5.74, 6) is -0.619. The van der Waals surface area contributed by atoms with Crippen LogP contribution >= 0.6 is 11.6 Å². The molecular formula is C20H26ClN5O4S. The minimum absolute atomic E-state index is 0.00781. The largest absolute Gasteiger partial charge is 0.459 e. The minimum atomic E-state index is -4.01. The Labute approximate surface area is 186 Å². The fraction of sp³-hybridized carbons (Fsp3) is 0.450. The number of sulfonamides is 1. The summed E-state index contributed by atoms with van der Waals surface area (Å²) in [7, 11) is -4.01. The van der Waals surface area contributed by atoms with Gasteiger partial charge in [-0.05, 0) is 52.2 Å². The lowest BCUT2D eigenvalue weighted by molar-refractivity contribution is -0.160. The Kier molecular flexibility index (Phi) is 6.45. The zero-order valence-electron chi connectivity index (χ0n) is 17.6. The van der Waals surface area contributed by atoms with E-state index < -0.39 is 27.6 Å². The molecule has 0 amide bonds. The van der Waals surface area contributed by atoms with Gasteiger partial charge in [0.2, 0.25) is 10.0 Å². The second-order valence-electron chi connectivity index (χ2n) is 8.33. The first-order valence-corrected chi connectivity index (χ1v) is 11.6. The molecule has 0 aliphatic carbocycles. The molecule has 0 spiro atoms. The van der Waals surface area contributed by atoms with Crippen molar-refractivity contribution in [3.05, 3.63) is 29.4 Å². The molecule has 0 bridgehead atoms. The Balaban J connectivity index is 2.07. The van der Waals surface area contributed by atoms with Crippen molar-refractivity contribution in [1.29, 1.82) is 0 Å². The Hall–Kier alpha value is -2.43.